The minimum absolute atomic E-state index is 0.0535. The number of carbonyl (C=O) groups excluding carboxylic acids is 3. The van der Waals surface area contributed by atoms with E-state index in [0.29, 0.717) is 0 Å². The van der Waals surface area contributed by atoms with Crippen molar-refractivity contribution in [2.45, 2.75) is 18.2 Å². The number of hydrogen-bond donors (Lipinski definition) is 3. The largest absolute Gasteiger partial charge is 0.548 e. The molecule has 3 atom stereocenters. The van der Waals surface area contributed by atoms with Crippen LogP contribution >= 0.6 is 0 Å². The van der Waals surface area contributed by atoms with Gasteiger partial charge in [0, 0.05) is 0 Å². The summed E-state index contributed by atoms with van der Waals surface area (Å²) in [7, 11) is 0. The summed E-state index contributed by atoms with van der Waals surface area (Å²) in [5.74, 6) is -2.89. The maximum atomic E-state index is 11.2. The minimum Gasteiger partial charge on any atom is -0.548 e. The normalized spacial score (nSPS) is 25.4. The number of nitrogens with two attached hydrogens (primary N) is 1. The van der Waals surface area contributed by atoms with Crippen molar-refractivity contribution in [3.8, 4) is 0 Å². The Kier molecular flexibility index (Phi) is 3.22. The van der Waals surface area contributed by atoms with Crippen LogP contribution in [0.15, 0.2) is 0 Å². The molecule has 0 aromatic carbocycles. The molecule has 0 saturated carbocycles. The van der Waals surface area contributed by atoms with Gasteiger partial charge >= 0.3 is 0 Å². The highest BCUT2D eigenvalue weighted by molar-refractivity contribution is 5.95. The number of rotatable bonds is 5. The molecule has 0 radical (unpaired) electrons. The number of aliphatic carboxylic acids is 1. The first kappa shape index (κ1) is 11.4. The van der Waals surface area contributed by atoms with Crippen LogP contribution < -0.4 is 21.9 Å². The van der Waals surface area contributed by atoms with Crippen LogP contribution in [0.2, 0.25) is 0 Å². The van der Waals surface area contributed by atoms with E-state index in [2.05, 4.69) is 15.8 Å². The molecular formula is C7H11N3O5. The number of nitrogens with one attached hydrogen (secondary N) is 1. The lowest BCUT2D eigenvalue weighted by molar-refractivity contribution is -0.380. The summed E-state index contributed by atoms with van der Waals surface area (Å²) in [5.41, 5.74) is 8.19. The van der Waals surface area contributed by atoms with Crippen LogP contribution in [0.25, 0.3) is 0 Å². The van der Waals surface area contributed by atoms with Crippen LogP contribution in [0, 0.1) is 0 Å². The Balaban J connectivity index is 2.43. The summed E-state index contributed by atoms with van der Waals surface area (Å²) in [6.07, 6.45) is -1.95. The topological polar surface area (TPSA) is 152 Å². The second-order valence-electron chi connectivity index (χ2n) is 3.05. The van der Waals surface area contributed by atoms with Gasteiger partial charge in [-0.15, -0.1) is 0 Å². The SMILES string of the molecule is NC(=O)C1OC1C(=O)N[C@@H](C[NH3+])C(=O)[O-]. The van der Waals surface area contributed by atoms with E-state index in [1.165, 1.54) is 0 Å². The Labute approximate surface area is 84.5 Å². The van der Waals surface area contributed by atoms with E-state index in [4.69, 9.17) is 5.73 Å². The van der Waals surface area contributed by atoms with Crippen molar-refractivity contribution in [2.75, 3.05) is 6.54 Å². The van der Waals surface area contributed by atoms with Crippen molar-refractivity contribution in [1.82, 2.24) is 5.32 Å². The zero-order chi connectivity index (χ0) is 11.6. The molecule has 15 heavy (non-hydrogen) atoms. The third kappa shape index (κ3) is 2.64. The summed E-state index contributed by atoms with van der Waals surface area (Å²) in [4.78, 5) is 32.2. The second-order valence-corrected chi connectivity index (χ2v) is 3.05. The number of hydrogen-bond acceptors (Lipinski definition) is 5. The number of ether oxygens (including phenoxy) is 1. The number of primary amides is 1. The maximum absolute atomic E-state index is 11.2. The first-order valence-corrected chi connectivity index (χ1v) is 4.22. The van der Waals surface area contributed by atoms with Gasteiger partial charge in [-0.25, -0.2) is 0 Å². The predicted octanol–water partition coefficient (Wildman–Crippen LogP) is -5.28. The van der Waals surface area contributed by atoms with Crippen molar-refractivity contribution in [3.05, 3.63) is 0 Å². The van der Waals surface area contributed by atoms with E-state index < -0.39 is 36.0 Å². The summed E-state index contributed by atoms with van der Waals surface area (Å²) < 4.78 is 4.64. The standard InChI is InChI=1S/C7H11N3O5/c8-1-2(7(13)14)10-6(12)4-3(15-4)5(9)11/h2-4H,1,8H2,(H2,9,11)(H,10,12)(H,13,14)/t2-,3?,4?/m0/s1. The monoisotopic (exact) mass is 217 g/mol. The number of carbonyl (C=O) groups is 3. The van der Waals surface area contributed by atoms with Crippen LogP contribution in [0.5, 0.6) is 0 Å². The number of carboxylic acid groups (broad SMARTS) is 1. The van der Waals surface area contributed by atoms with Crippen LogP contribution in [-0.2, 0) is 19.1 Å². The molecule has 1 fully saturated rings. The zero-order valence-corrected chi connectivity index (χ0v) is 7.76. The van der Waals surface area contributed by atoms with E-state index >= 15 is 0 Å². The molecule has 0 spiro atoms. The van der Waals surface area contributed by atoms with E-state index in [0.717, 1.165) is 0 Å². The average molecular weight is 217 g/mol. The van der Waals surface area contributed by atoms with Crippen molar-refractivity contribution in [1.29, 1.82) is 0 Å². The molecule has 0 aromatic rings. The highest BCUT2D eigenvalue weighted by Crippen LogP contribution is 2.21. The molecule has 6 N–H and O–H groups in total. The van der Waals surface area contributed by atoms with Gasteiger partial charge in [0.2, 0.25) is 5.91 Å². The number of epoxide rings is 1. The van der Waals surface area contributed by atoms with Gasteiger partial charge in [-0.3, -0.25) is 9.59 Å². The number of amides is 2. The fourth-order valence-corrected chi connectivity index (χ4v) is 1.03. The molecule has 0 aromatic heterocycles. The van der Waals surface area contributed by atoms with Gasteiger partial charge in [0.25, 0.3) is 5.91 Å². The third-order valence-electron chi connectivity index (χ3n) is 1.92. The van der Waals surface area contributed by atoms with Crippen LogP contribution in [0.4, 0.5) is 0 Å². The fourth-order valence-electron chi connectivity index (χ4n) is 1.03. The average Bonchev–Trinajstić information content (AvgIpc) is 2.92. The van der Waals surface area contributed by atoms with E-state index in [9.17, 15) is 19.5 Å². The lowest BCUT2D eigenvalue weighted by Crippen LogP contribution is -2.65. The molecule has 1 heterocycles. The van der Waals surface area contributed by atoms with Crippen molar-refractivity contribution in [3.63, 3.8) is 0 Å². The molecule has 1 rings (SSSR count). The fraction of sp³-hybridized carbons (Fsp3) is 0.571. The van der Waals surface area contributed by atoms with Crippen LogP contribution in [0.3, 0.4) is 0 Å². The minimum atomic E-state index is -1.44. The van der Waals surface area contributed by atoms with Gasteiger partial charge in [0.1, 0.15) is 12.6 Å². The Morgan fingerprint density at radius 2 is 2.07 bits per heavy atom. The molecule has 84 valence electrons. The Hall–Kier alpha value is -1.67. The molecule has 2 amide bonds. The number of quaternary nitrogens is 1. The second kappa shape index (κ2) is 4.24. The molecule has 0 bridgehead atoms. The van der Waals surface area contributed by atoms with Gasteiger partial charge < -0.3 is 31.4 Å². The highest BCUT2D eigenvalue weighted by Gasteiger charge is 2.49. The van der Waals surface area contributed by atoms with Crippen LogP contribution in [-0.4, -0.2) is 42.6 Å². The van der Waals surface area contributed by atoms with Crippen LogP contribution in [0.1, 0.15) is 0 Å². The smallest absolute Gasteiger partial charge is 0.253 e. The van der Waals surface area contributed by atoms with Crippen molar-refractivity contribution < 1.29 is 30.0 Å². The maximum Gasteiger partial charge on any atom is 0.253 e. The molecule has 1 aliphatic heterocycles. The van der Waals surface area contributed by atoms with E-state index in [-0.39, 0.29) is 6.54 Å². The van der Waals surface area contributed by atoms with Crippen molar-refractivity contribution >= 4 is 17.8 Å². The van der Waals surface area contributed by atoms with Crippen molar-refractivity contribution in [2.24, 2.45) is 5.73 Å². The highest BCUT2D eigenvalue weighted by atomic mass is 16.6. The predicted molar refractivity (Wildman–Crippen MR) is 42.5 cm³/mol. The molecule has 1 saturated heterocycles. The van der Waals surface area contributed by atoms with Gasteiger partial charge in [0.05, 0.1) is 5.97 Å². The first-order valence-electron chi connectivity index (χ1n) is 4.22. The Morgan fingerprint density at radius 3 is 2.40 bits per heavy atom. The quantitative estimate of drug-likeness (QED) is 0.392. The summed E-state index contributed by atoms with van der Waals surface area (Å²) in [6, 6.07) is -1.18. The molecule has 8 nitrogen and oxygen atoms in total. The van der Waals surface area contributed by atoms with E-state index in [1.807, 2.05) is 0 Å². The molecule has 2 unspecified atom stereocenters. The van der Waals surface area contributed by atoms with Gasteiger partial charge in [-0.2, -0.15) is 0 Å². The summed E-state index contributed by atoms with van der Waals surface area (Å²) >= 11 is 0. The lowest BCUT2D eigenvalue weighted by atomic mass is 10.2. The zero-order valence-electron chi connectivity index (χ0n) is 7.76. The Morgan fingerprint density at radius 1 is 1.47 bits per heavy atom. The molecular weight excluding hydrogens is 206 g/mol. The molecule has 1 aliphatic rings. The summed E-state index contributed by atoms with van der Waals surface area (Å²) in [6.45, 7) is -0.0535. The number of carboxylic acids is 1. The molecule has 0 aliphatic carbocycles. The molecule has 8 heteroatoms. The third-order valence-corrected chi connectivity index (χ3v) is 1.92. The summed E-state index contributed by atoms with van der Waals surface area (Å²) in [5, 5.41) is 12.5. The van der Waals surface area contributed by atoms with Gasteiger partial charge in [-0.1, -0.05) is 0 Å². The van der Waals surface area contributed by atoms with Gasteiger partial charge in [0.15, 0.2) is 12.2 Å². The lowest BCUT2D eigenvalue weighted by Gasteiger charge is -2.14. The van der Waals surface area contributed by atoms with Gasteiger partial charge in [-0.05, 0) is 0 Å². The Bertz CT molecular complexity index is 305. The van der Waals surface area contributed by atoms with E-state index in [1.54, 1.807) is 0 Å². The first-order chi connectivity index (χ1) is 6.97.